The zero-order chi connectivity index (χ0) is 35.7. The number of oxime groups is 1. The van der Waals surface area contributed by atoms with E-state index in [1.807, 2.05) is 0 Å². The number of phenols is 1. The number of nitrogen functional groups attached to an aromatic ring is 1. The van der Waals surface area contributed by atoms with Gasteiger partial charge in [0.05, 0.1) is 5.02 Å². The van der Waals surface area contributed by atoms with Gasteiger partial charge in [0.1, 0.15) is 28.6 Å². The number of rotatable bonds is 10. The Bertz CT molecular complexity index is 2010. The molecule has 5 heterocycles. The van der Waals surface area contributed by atoms with Gasteiger partial charge in [-0.15, -0.1) is 23.1 Å². The van der Waals surface area contributed by atoms with E-state index in [0.29, 0.717) is 29.8 Å². The number of hydrogen-bond acceptors (Lipinski definition) is 12. The highest BCUT2D eigenvalue weighted by molar-refractivity contribution is 8.00. The quantitative estimate of drug-likeness (QED) is 0.0330. The minimum atomic E-state index is -1.35. The van der Waals surface area contributed by atoms with Crippen molar-refractivity contribution in [2.24, 2.45) is 5.16 Å². The maximum Gasteiger partial charge on any atom is 0.352 e. The second-order valence-corrected chi connectivity index (χ2v) is 13.7. The Kier molecular flexibility index (Phi) is 9.76. The average molecular weight is 740 g/mol. The Morgan fingerprint density at radius 3 is 2.62 bits per heavy atom. The molecule has 0 aliphatic carbocycles. The van der Waals surface area contributed by atoms with Crippen molar-refractivity contribution in [3.05, 3.63) is 87.3 Å². The van der Waals surface area contributed by atoms with Gasteiger partial charge >= 0.3 is 5.97 Å². The number of aromatic hydroxyl groups is 1. The lowest BCUT2D eigenvalue weighted by Crippen LogP contribution is -2.71. The average Bonchev–Trinajstić information content (AvgIpc) is 3.66. The summed E-state index contributed by atoms with van der Waals surface area (Å²) in [5.74, 6) is -3.39. The van der Waals surface area contributed by atoms with Gasteiger partial charge in [-0.2, -0.15) is 4.57 Å². The van der Waals surface area contributed by atoms with Gasteiger partial charge in [0.2, 0.25) is 12.5 Å². The number of nitrogens with two attached hydrogens (primary N) is 1. The molecule has 258 valence electrons. The fraction of sp³-hybridized carbons (Fsp3) is 0.226. The van der Waals surface area contributed by atoms with Crippen molar-refractivity contribution >= 4 is 80.8 Å². The van der Waals surface area contributed by atoms with Crippen LogP contribution in [0.15, 0.2) is 76.2 Å². The van der Waals surface area contributed by atoms with Gasteiger partial charge in [0.15, 0.2) is 23.2 Å². The van der Waals surface area contributed by atoms with Crippen LogP contribution in [0.3, 0.4) is 0 Å². The Hall–Kier alpha value is -5.46. The summed E-state index contributed by atoms with van der Waals surface area (Å²) in [5, 5.41) is 38.1. The Morgan fingerprint density at radius 1 is 1.20 bits per heavy atom. The van der Waals surface area contributed by atoms with Crippen LogP contribution in [0.5, 0.6) is 5.75 Å². The van der Waals surface area contributed by atoms with Crippen LogP contribution in [0, 0.1) is 0 Å². The summed E-state index contributed by atoms with van der Waals surface area (Å²) < 4.78 is 1.66. The number of hydrogen-bond donors (Lipinski definition) is 6. The number of pyridine rings is 1. The smallest absolute Gasteiger partial charge is 0.352 e. The fourth-order valence-electron chi connectivity index (χ4n) is 5.61. The second kappa shape index (κ2) is 14.2. The maximum absolute atomic E-state index is 13.3. The van der Waals surface area contributed by atoms with Crippen molar-refractivity contribution < 1.29 is 44.0 Å². The molecule has 2 aromatic heterocycles. The molecule has 1 aromatic carbocycles. The highest BCUT2D eigenvalue weighted by Gasteiger charge is 2.54. The lowest BCUT2D eigenvalue weighted by molar-refractivity contribution is -0.684. The van der Waals surface area contributed by atoms with Gasteiger partial charge in [-0.3, -0.25) is 24.1 Å². The summed E-state index contributed by atoms with van der Waals surface area (Å²) in [5.41, 5.74) is 6.87. The summed E-state index contributed by atoms with van der Waals surface area (Å²) in [4.78, 5) is 70.7. The molecule has 2 saturated heterocycles. The Morgan fingerprint density at radius 2 is 1.96 bits per heavy atom. The number of aromatic nitrogens is 2. The van der Waals surface area contributed by atoms with Crippen molar-refractivity contribution in [3.8, 4) is 5.75 Å². The third-order valence-electron chi connectivity index (χ3n) is 8.02. The number of aliphatic carboxylic acids is 1. The van der Waals surface area contributed by atoms with Crippen LogP contribution < -0.4 is 20.9 Å². The number of nitrogens with zero attached hydrogens (tertiary/aromatic N) is 5. The number of phenolic OH excluding ortho intramolecular Hbond substituents is 1. The van der Waals surface area contributed by atoms with Gasteiger partial charge in [0.25, 0.3) is 17.7 Å². The van der Waals surface area contributed by atoms with Crippen LogP contribution in [0.4, 0.5) is 10.8 Å². The maximum atomic E-state index is 13.3. The summed E-state index contributed by atoms with van der Waals surface area (Å²) in [7, 11) is 0. The number of fused-ring (bicyclic) bond motifs is 1. The lowest BCUT2D eigenvalue weighted by atomic mass is 10.0. The van der Waals surface area contributed by atoms with E-state index in [2.05, 4.69) is 20.8 Å². The van der Waals surface area contributed by atoms with E-state index < -0.39 is 34.9 Å². The third-order valence-corrected chi connectivity index (χ3v) is 10.3. The van der Waals surface area contributed by atoms with Crippen molar-refractivity contribution in [3.63, 3.8) is 0 Å². The fourth-order valence-corrected chi connectivity index (χ4v) is 7.64. The molecule has 2 fully saturated rings. The van der Waals surface area contributed by atoms with Crippen LogP contribution in [0.1, 0.15) is 17.7 Å². The first-order valence-electron chi connectivity index (χ1n) is 14.8. The number of nitrogens with one attached hydrogen (secondary N) is 2. The summed E-state index contributed by atoms with van der Waals surface area (Å²) in [6.07, 6.45) is 5.31. The molecule has 6 rings (SSSR count). The molecule has 0 radical (unpaired) electrons. The van der Waals surface area contributed by atoms with Gasteiger partial charge in [0, 0.05) is 47.6 Å². The first kappa shape index (κ1) is 34.4. The van der Waals surface area contributed by atoms with E-state index in [1.165, 1.54) is 41.4 Å². The number of carbonyl (C=O) groups is 5. The topological polar surface area (TPSA) is 232 Å². The van der Waals surface area contributed by atoms with Gasteiger partial charge in [-0.25, -0.2) is 9.78 Å². The molecule has 0 unspecified atom stereocenters. The molecule has 3 aliphatic heterocycles. The zero-order valence-corrected chi connectivity index (χ0v) is 28.2. The molecule has 4 amide bonds. The Labute approximate surface area is 296 Å². The first-order chi connectivity index (χ1) is 23.9. The number of β-lactam (4-membered cyclic amide) rings is 1. The van der Waals surface area contributed by atoms with Crippen LogP contribution in [-0.4, -0.2) is 89.2 Å². The number of anilines is 2. The van der Waals surface area contributed by atoms with Gasteiger partial charge in [-0.1, -0.05) is 16.8 Å². The Balaban J connectivity index is 1.07. The van der Waals surface area contributed by atoms with Gasteiger partial charge in [-0.05, 0) is 41.8 Å². The van der Waals surface area contributed by atoms with E-state index in [4.69, 9.17) is 17.3 Å². The number of benzene rings is 1. The molecular formula is C31H28ClN8O8S2+. The normalized spacial score (nSPS) is 19.8. The first-order valence-corrected chi connectivity index (χ1v) is 17.2. The van der Waals surface area contributed by atoms with Crippen LogP contribution in [0.25, 0.3) is 0 Å². The van der Waals surface area contributed by atoms with Gasteiger partial charge < -0.3 is 36.7 Å². The lowest BCUT2D eigenvalue weighted by Gasteiger charge is -2.49. The number of amides is 4. The SMILES string of the molecule is Nc1nc(/C(=N/O)C(=O)N[C@@H]2C(=O)N3C(C(=O)O)=C(/C=C4\CCN(Cc5cc[n+](CC(=O)Nc6ccc(O)c(Cl)c6)cc5)C4=O)CS[C@H]23)cs1. The van der Waals surface area contributed by atoms with E-state index in [0.717, 1.165) is 21.8 Å². The highest BCUT2D eigenvalue weighted by atomic mass is 35.5. The number of carboxylic acids is 1. The standard InChI is InChI=1S/C31H27ClN8O8S2/c32-19-10-18(1-2-21(19)41)34-22(42)12-38-6-3-15(4-7-38)11-39-8-5-16(27(39)44)9-17-13-49-29-24(28(45)40(29)25(17)30(46)47)36-26(43)23(37-48)20-14-50-31(33)35-20/h1-4,6-7,9-10,14,24,29H,5,8,11-13H2,(H6-,33,34,35,36,37,41,42,43,46,47,48)/p+1/b16-9+/t24-,29-/m1/s1. The molecule has 19 heteroatoms. The van der Waals surface area contributed by atoms with Crippen molar-refractivity contribution in [1.82, 2.24) is 20.1 Å². The number of thioether (sulfide) groups is 1. The number of allylic oxidation sites excluding steroid dienone is 1. The minimum absolute atomic E-state index is 0.0148. The van der Waals surface area contributed by atoms with Crippen LogP contribution in [0.2, 0.25) is 5.02 Å². The predicted molar refractivity (Wildman–Crippen MR) is 181 cm³/mol. The highest BCUT2D eigenvalue weighted by Crippen LogP contribution is 2.41. The van der Waals surface area contributed by atoms with E-state index in [-0.39, 0.29) is 58.0 Å². The van der Waals surface area contributed by atoms with E-state index in [1.54, 1.807) is 34.0 Å². The summed E-state index contributed by atoms with van der Waals surface area (Å²) in [6, 6.07) is 6.85. The van der Waals surface area contributed by atoms with Crippen LogP contribution >= 0.6 is 34.7 Å². The van der Waals surface area contributed by atoms with Crippen LogP contribution in [-0.2, 0) is 37.1 Å². The largest absolute Gasteiger partial charge is 0.506 e. The van der Waals surface area contributed by atoms with E-state index in [9.17, 15) is 39.4 Å². The molecule has 50 heavy (non-hydrogen) atoms. The predicted octanol–water partition coefficient (Wildman–Crippen LogP) is 1.29. The van der Waals surface area contributed by atoms with Crippen molar-refractivity contribution in [2.75, 3.05) is 23.3 Å². The van der Waals surface area contributed by atoms with E-state index >= 15 is 0 Å². The zero-order valence-electron chi connectivity index (χ0n) is 25.8. The minimum Gasteiger partial charge on any atom is -0.506 e. The molecular weight excluding hydrogens is 712 g/mol. The molecule has 0 spiro atoms. The second-order valence-electron chi connectivity index (χ2n) is 11.3. The number of thiazole rings is 1. The van der Waals surface area contributed by atoms with Crippen molar-refractivity contribution in [1.29, 1.82) is 0 Å². The molecule has 3 aliphatic rings. The monoisotopic (exact) mass is 739 g/mol. The summed E-state index contributed by atoms with van der Waals surface area (Å²) >= 11 is 8.15. The molecule has 16 nitrogen and oxygen atoms in total. The molecule has 2 atom stereocenters. The number of carboxylic acid groups (broad SMARTS) is 1. The molecule has 0 bridgehead atoms. The number of halogens is 1. The number of likely N-dealkylation sites (tertiary alicyclic amines) is 1. The molecule has 0 saturated carbocycles. The van der Waals surface area contributed by atoms with Crippen molar-refractivity contribution in [2.45, 2.75) is 30.9 Å². The third kappa shape index (κ3) is 6.98. The molecule has 7 N–H and O–H groups in total. The molecule has 3 aromatic rings. The summed E-state index contributed by atoms with van der Waals surface area (Å²) in [6.45, 7) is 0.704. The number of carbonyl (C=O) groups excluding carboxylic acids is 4.